The van der Waals surface area contributed by atoms with E-state index in [0.717, 1.165) is 46.8 Å². The van der Waals surface area contributed by atoms with E-state index in [0.29, 0.717) is 18.7 Å². The fourth-order valence-corrected chi connectivity index (χ4v) is 4.44. The maximum atomic E-state index is 13.3. The number of rotatable bonds is 9. The SMILES string of the molecule is CCC(C(=O)NC1CCCC1)N(Cc1ccccc1C)C(=O)COc1ccc(Br)c(C)c1. The highest BCUT2D eigenvalue weighted by Crippen LogP contribution is 2.23. The van der Waals surface area contributed by atoms with Gasteiger partial charge in [0.05, 0.1) is 0 Å². The molecule has 0 saturated heterocycles. The van der Waals surface area contributed by atoms with E-state index in [9.17, 15) is 9.59 Å². The van der Waals surface area contributed by atoms with Crippen molar-refractivity contribution in [3.63, 3.8) is 0 Å². The van der Waals surface area contributed by atoms with Gasteiger partial charge in [0.15, 0.2) is 6.61 Å². The Morgan fingerprint density at radius 2 is 1.84 bits per heavy atom. The highest BCUT2D eigenvalue weighted by atomic mass is 79.9. The molecule has 5 nitrogen and oxygen atoms in total. The molecule has 1 N–H and O–H groups in total. The van der Waals surface area contributed by atoms with Crippen LogP contribution in [0.5, 0.6) is 5.75 Å². The van der Waals surface area contributed by atoms with Gasteiger partial charge in [-0.25, -0.2) is 0 Å². The van der Waals surface area contributed by atoms with E-state index < -0.39 is 6.04 Å². The lowest BCUT2D eigenvalue weighted by molar-refractivity contribution is -0.143. The first kappa shape index (κ1) is 24.3. The van der Waals surface area contributed by atoms with Crippen LogP contribution >= 0.6 is 15.9 Å². The number of ether oxygens (including phenoxy) is 1. The molecule has 1 fully saturated rings. The van der Waals surface area contributed by atoms with Crippen LogP contribution in [0.15, 0.2) is 46.9 Å². The first-order valence-electron chi connectivity index (χ1n) is 11.4. The average molecular weight is 501 g/mol. The van der Waals surface area contributed by atoms with Gasteiger partial charge >= 0.3 is 0 Å². The minimum absolute atomic E-state index is 0.0687. The van der Waals surface area contributed by atoms with Crippen LogP contribution in [0, 0.1) is 13.8 Å². The topological polar surface area (TPSA) is 58.6 Å². The van der Waals surface area contributed by atoms with Crippen LogP contribution in [-0.2, 0) is 16.1 Å². The van der Waals surface area contributed by atoms with Crippen LogP contribution in [0.25, 0.3) is 0 Å². The van der Waals surface area contributed by atoms with Crippen LogP contribution in [0.4, 0.5) is 0 Å². The molecule has 32 heavy (non-hydrogen) atoms. The highest BCUT2D eigenvalue weighted by Gasteiger charge is 2.31. The predicted octanol–water partition coefficient (Wildman–Crippen LogP) is 5.31. The van der Waals surface area contributed by atoms with Crippen molar-refractivity contribution >= 4 is 27.7 Å². The molecule has 0 aromatic heterocycles. The number of halogens is 1. The van der Waals surface area contributed by atoms with E-state index >= 15 is 0 Å². The van der Waals surface area contributed by atoms with Crippen molar-refractivity contribution in [1.82, 2.24) is 10.2 Å². The van der Waals surface area contributed by atoms with Crippen molar-refractivity contribution in [2.75, 3.05) is 6.61 Å². The third-order valence-electron chi connectivity index (χ3n) is 6.18. The molecule has 1 atom stereocenters. The predicted molar refractivity (Wildman–Crippen MR) is 131 cm³/mol. The van der Waals surface area contributed by atoms with Crippen LogP contribution in [0.1, 0.15) is 55.7 Å². The molecule has 2 aromatic carbocycles. The van der Waals surface area contributed by atoms with E-state index in [2.05, 4.69) is 21.2 Å². The zero-order chi connectivity index (χ0) is 23.1. The molecule has 0 heterocycles. The average Bonchev–Trinajstić information content (AvgIpc) is 3.28. The second-order valence-electron chi connectivity index (χ2n) is 8.56. The van der Waals surface area contributed by atoms with Gasteiger partial charge in [-0.15, -0.1) is 0 Å². The van der Waals surface area contributed by atoms with E-state index in [1.807, 2.05) is 63.2 Å². The lowest BCUT2D eigenvalue weighted by atomic mass is 10.1. The molecule has 172 valence electrons. The van der Waals surface area contributed by atoms with Gasteiger partial charge in [-0.3, -0.25) is 9.59 Å². The summed E-state index contributed by atoms with van der Waals surface area (Å²) in [6.45, 7) is 6.23. The molecule has 6 heteroatoms. The van der Waals surface area contributed by atoms with Gasteiger partial charge < -0.3 is 15.0 Å². The second kappa shape index (κ2) is 11.5. The van der Waals surface area contributed by atoms with Gasteiger partial charge in [-0.2, -0.15) is 0 Å². The number of hydrogen-bond acceptors (Lipinski definition) is 3. The summed E-state index contributed by atoms with van der Waals surface area (Å²) in [6.07, 6.45) is 4.87. The summed E-state index contributed by atoms with van der Waals surface area (Å²) in [5.74, 6) is 0.376. The molecule has 2 amide bonds. The molecular formula is C26H33BrN2O3. The van der Waals surface area contributed by atoms with E-state index in [4.69, 9.17) is 4.74 Å². The van der Waals surface area contributed by atoms with Gasteiger partial charge in [0.25, 0.3) is 5.91 Å². The molecule has 0 bridgehead atoms. The Kier molecular flexibility index (Phi) is 8.74. The van der Waals surface area contributed by atoms with Crippen molar-refractivity contribution in [2.45, 2.75) is 71.5 Å². The van der Waals surface area contributed by atoms with E-state index in [-0.39, 0.29) is 24.5 Å². The fraction of sp³-hybridized carbons (Fsp3) is 0.462. The molecule has 3 rings (SSSR count). The van der Waals surface area contributed by atoms with Crippen LogP contribution in [0.3, 0.4) is 0 Å². The standard InChI is InChI=1S/C26H33BrN2O3/c1-4-24(26(31)28-21-11-7-8-12-21)29(16-20-10-6-5-9-18(20)2)25(30)17-32-22-13-14-23(27)19(3)15-22/h5-6,9-10,13-15,21,24H,4,7-8,11-12,16-17H2,1-3H3,(H,28,31). The quantitative estimate of drug-likeness (QED) is 0.507. The van der Waals surface area contributed by atoms with E-state index in [1.165, 1.54) is 0 Å². The molecule has 1 aliphatic carbocycles. The van der Waals surface area contributed by atoms with Crippen molar-refractivity contribution in [2.24, 2.45) is 0 Å². The largest absolute Gasteiger partial charge is 0.484 e. The maximum Gasteiger partial charge on any atom is 0.261 e. The van der Waals surface area contributed by atoms with Crippen molar-refractivity contribution < 1.29 is 14.3 Å². The number of nitrogens with zero attached hydrogens (tertiary/aromatic N) is 1. The zero-order valence-corrected chi connectivity index (χ0v) is 20.8. The summed E-state index contributed by atoms with van der Waals surface area (Å²) in [6, 6.07) is 13.3. The summed E-state index contributed by atoms with van der Waals surface area (Å²) >= 11 is 3.48. The summed E-state index contributed by atoms with van der Waals surface area (Å²) in [5, 5.41) is 3.17. The molecule has 1 unspecified atom stereocenters. The van der Waals surface area contributed by atoms with Crippen molar-refractivity contribution in [3.05, 3.63) is 63.6 Å². The smallest absolute Gasteiger partial charge is 0.261 e. The highest BCUT2D eigenvalue weighted by molar-refractivity contribution is 9.10. The Morgan fingerprint density at radius 3 is 2.50 bits per heavy atom. The monoisotopic (exact) mass is 500 g/mol. The molecule has 0 spiro atoms. The molecule has 1 aliphatic rings. The fourth-order valence-electron chi connectivity index (χ4n) is 4.19. The third-order valence-corrected chi connectivity index (χ3v) is 7.07. The summed E-state index contributed by atoms with van der Waals surface area (Å²) in [5.41, 5.74) is 3.17. The third kappa shape index (κ3) is 6.35. The Morgan fingerprint density at radius 1 is 1.12 bits per heavy atom. The number of nitrogens with one attached hydrogen (secondary N) is 1. The Balaban J connectivity index is 1.77. The number of amides is 2. The van der Waals surface area contributed by atoms with Gasteiger partial charge in [0, 0.05) is 17.1 Å². The van der Waals surface area contributed by atoms with Gasteiger partial charge in [-0.05, 0) is 68.0 Å². The Labute approximate surface area is 199 Å². The van der Waals surface area contributed by atoms with Gasteiger partial charge in [0.1, 0.15) is 11.8 Å². The number of carbonyl (C=O) groups is 2. The van der Waals surface area contributed by atoms with Crippen molar-refractivity contribution in [3.8, 4) is 5.75 Å². The number of aryl methyl sites for hydroxylation is 2. The molecule has 2 aromatic rings. The first-order valence-corrected chi connectivity index (χ1v) is 12.2. The minimum Gasteiger partial charge on any atom is -0.484 e. The Hall–Kier alpha value is -2.34. The molecule has 0 radical (unpaired) electrons. The Bertz CT molecular complexity index is 940. The summed E-state index contributed by atoms with van der Waals surface area (Å²) in [7, 11) is 0. The molecule has 1 saturated carbocycles. The second-order valence-corrected chi connectivity index (χ2v) is 9.42. The van der Waals surface area contributed by atoms with Crippen molar-refractivity contribution in [1.29, 1.82) is 0 Å². The number of carbonyl (C=O) groups excluding carboxylic acids is 2. The maximum absolute atomic E-state index is 13.3. The summed E-state index contributed by atoms with van der Waals surface area (Å²) < 4.78 is 6.81. The van der Waals surface area contributed by atoms with Crippen LogP contribution < -0.4 is 10.1 Å². The van der Waals surface area contributed by atoms with Crippen LogP contribution in [0.2, 0.25) is 0 Å². The normalized spacial score (nSPS) is 14.8. The lowest BCUT2D eigenvalue weighted by Gasteiger charge is -2.32. The number of hydrogen-bond donors (Lipinski definition) is 1. The molecule has 0 aliphatic heterocycles. The zero-order valence-electron chi connectivity index (χ0n) is 19.2. The molecular weight excluding hydrogens is 468 g/mol. The lowest BCUT2D eigenvalue weighted by Crippen LogP contribution is -2.52. The summed E-state index contributed by atoms with van der Waals surface area (Å²) in [4.78, 5) is 28.2. The number of benzene rings is 2. The van der Waals surface area contributed by atoms with E-state index in [1.54, 1.807) is 4.90 Å². The van der Waals surface area contributed by atoms with Gasteiger partial charge in [0.2, 0.25) is 5.91 Å². The minimum atomic E-state index is -0.530. The first-order chi connectivity index (χ1) is 15.4. The van der Waals surface area contributed by atoms with Gasteiger partial charge in [-0.1, -0.05) is 60.0 Å². The van der Waals surface area contributed by atoms with Crippen LogP contribution in [-0.4, -0.2) is 35.4 Å².